The van der Waals surface area contributed by atoms with Crippen LogP contribution in [0.15, 0.2) is 30.3 Å². The molecule has 24 heavy (non-hydrogen) atoms. The van der Waals surface area contributed by atoms with Crippen LogP contribution in [0, 0.1) is 0 Å². The van der Waals surface area contributed by atoms with Crippen molar-refractivity contribution in [2.75, 3.05) is 26.7 Å². The van der Waals surface area contributed by atoms with Crippen LogP contribution in [0.5, 0.6) is 0 Å². The van der Waals surface area contributed by atoms with Gasteiger partial charge >= 0.3 is 0 Å². The minimum atomic E-state index is -0.452. The van der Waals surface area contributed by atoms with E-state index in [2.05, 4.69) is 5.32 Å². The van der Waals surface area contributed by atoms with Crippen molar-refractivity contribution in [3.63, 3.8) is 0 Å². The molecule has 2 heterocycles. The van der Waals surface area contributed by atoms with Crippen molar-refractivity contribution < 1.29 is 19.1 Å². The van der Waals surface area contributed by atoms with Crippen molar-refractivity contribution in [3.05, 3.63) is 35.9 Å². The molecule has 2 fully saturated rings. The third-order valence-electron chi connectivity index (χ3n) is 4.36. The summed E-state index contributed by atoms with van der Waals surface area (Å²) >= 11 is 0. The lowest BCUT2D eigenvalue weighted by Crippen LogP contribution is -2.55. The molecule has 128 valence electrons. The number of likely N-dealkylation sites (N-methyl/N-ethyl adjacent to an activating group) is 1. The van der Waals surface area contributed by atoms with Gasteiger partial charge < -0.3 is 19.9 Å². The molecule has 7 nitrogen and oxygen atoms in total. The van der Waals surface area contributed by atoms with Crippen molar-refractivity contribution in [1.82, 2.24) is 15.1 Å². The summed E-state index contributed by atoms with van der Waals surface area (Å²) in [6.45, 7) is 0.816. The van der Waals surface area contributed by atoms with Crippen molar-refractivity contribution >= 4 is 17.7 Å². The highest BCUT2D eigenvalue weighted by molar-refractivity contribution is 5.95. The van der Waals surface area contributed by atoms with Gasteiger partial charge in [-0.2, -0.15) is 0 Å². The lowest BCUT2D eigenvalue weighted by molar-refractivity contribution is -0.152. The van der Waals surface area contributed by atoms with E-state index < -0.39 is 6.04 Å². The summed E-state index contributed by atoms with van der Waals surface area (Å²) in [7, 11) is 1.63. The van der Waals surface area contributed by atoms with E-state index >= 15 is 0 Å². The van der Waals surface area contributed by atoms with Crippen molar-refractivity contribution in [1.29, 1.82) is 0 Å². The van der Waals surface area contributed by atoms with Crippen molar-refractivity contribution in [3.8, 4) is 0 Å². The highest BCUT2D eigenvalue weighted by Gasteiger charge is 2.44. The van der Waals surface area contributed by atoms with Gasteiger partial charge in [-0.05, 0) is 12.0 Å². The zero-order valence-electron chi connectivity index (χ0n) is 13.6. The van der Waals surface area contributed by atoms with Crippen LogP contribution in [0.3, 0.4) is 0 Å². The van der Waals surface area contributed by atoms with Crippen molar-refractivity contribution in [2.45, 2.75) is 25.1 Å². The van der Waals surface area contributed by atoms with Crippen LogP contribution < -0.4 is 5.32 Å². The van der Waals surface area contributed by atoms with Crippen LogP contribution in [0.4, 0.5) is 0 Å². The van der Waals surface area contributed by atoms with Crippen LogP contribution >= 0.6 is 0 Å². The summed E-state index contributed by atoms with van der Waals surface area (Å²) in [6.07, 6.45) is 0.458. The number of hydrogen-bond donors (Lipinski definition) is 1. The van der Waals surface area contributed by atoms with Gasteiger partial charge in [-0.25, -0.2) is 0 Å². The minimum absolute atomic E-state index is 0.0438. The maximum absolute atomic E-state index is 12.1. The number of fused-ring (bicyclic) bond motifs is 1. The Morgan fingerprint density at radius 1 is 1.29 bits per heavy atom. The molecular weight excluding hydrogens is 310 g/mol. The molecular formula is C17H21N3O4. The smallest absolute Gasteiger partial charge is 0.246 e. The number of hydrogen-bond acceptors (Lipinski definition) is 4. The molecule has 0 spiro atoms. The van der Waals surface area contributed by atoms with Gasteiger partial charge in [-0.3, -0.25) is 14.4 Å². The van der Waals surface area contributed by atoms with E-state index in [1.165, 1.54) is 4.90 Å². The second-order valence-corrected chi connectivity index (χ2v) is 6.23. The average Bonchev–Trinajstić information content (AvgIpc) is 2.98. The van der Waals surface area contributed by atoms with Gasteiger partial charge in [0, 0.05) is 19.6 Å². The number of piperazine rings is 1. The van der Waals surface area contributed by atoms with Gasteiger partial charge in [-0.1, -0.05) is 30.3 Å². The molecule has 0 aliphatic carbocycles. The maximum atomic E-state index is 12.1. The fourth-order valence-corrected chi connectivity index (χ4v) is 3.18. The zero-order chi connectivity index (χ0) is 17.1. The molecule has 1 aromatic carbocycles. The third kappa shape index (κ3) is 3.56. The standard InChI is InChI=1S/C17H21N3O4/c1-19-9-16(22)20-8-13(7-14(20)17(19)23)18-15(21)11-24-10-12-5-3-2-4-6-12/h2-6,13-14H,7-11H2,1H3,(H,18,21)/t13-,14-/m0/s1. The molecule has 3 rings (SSSR count). The van der Waals surface area contributed by atoms with E-state index in [-0.39, 0.29) is 36.9 Å². The van der Waals surface area contributed by atoms with Gasteiger partial charge in [-0.15, -0.1) is 0 Å². The summed E-state index contributed by atoms with van der Waals surface area (Å²) in [5.41, 5.74) is 1.00. The number of carbonyl (C=O) groups is 3. The summed E-state index contributed by atoms with van der Waals surface area (Å²) in [4.78, 5) is 39.1. The fourth-order valence-electron chi connectivity index (χ4n) is 3.18. The van der Waals surface area contributed by atoms with Crippen LogP contribution in [0.1, 0.15) is 12.0 Å². The number of nitrogens with zero attached hydrogens (tertiary/aromatic N) is 2. The molecule has 3 amide bonds. The third-order valence-corrected chi connectivity index (χ3v) is 4.36. The predicted octanol–water partition coefficient (Wildman–Crippen LogP) is -0.239. The molecule has 0 radical (unpaired) electrons. The molecule has 1 aromatic rings. The molecule has 2 aliphatic heterocycles. The van der Waals surface area contributed by atoms with Crippen LogP contribution in [-0.2, 0) is 25.7 Å². The first kappa shape index (κ1) is 16.4. The molecule has 2 atom stereocenters. The quantitative estimate of drug-likeness (QED) is 0.808. The molecule has 0 aromatic heterocycles. The number of benzene rings is 1. The molecule has 0 saturated carbocycles. The van der Waals surface area contributed by atoms with E-state index in [1.807, 2.05) is 30.3 Å². The molecule has 2 saturated heterocycles. The van der Waals surface area contributed by atoms with E-state index in [1.54, 1.807) is 11.9 Å². The van der Waals surface area contributed by atoms with Gasteiger partial charge in [0.05, 0.1) is 13.2 Å². The average molecular weight is 331 g/mol. The van der Waals surface area contributed by atoms with Crippen molar-refractivity contribution in [2.24, 2.45) is 0 Å². The number of amides is 3. The van der Waals surface area contributed by atoms with Crippen LogP contribution in [-0.4, -0.2) is 66.3 Å². The first-order valence-corrected chi connectivity index (χ1v) is 8.00. The van der Waals surface area contributed by atoms with Gasteiger partial charge in [0.2, 0.25) is 17.7 Å². The van der Waals surface area contributed by atoms with E-state index in [4.69, 9.17) is 4.74 Å². The summed E-state index contributed by atoms with van der Waals surface area (Å²) < 4.78 is 5.40. The summed E-state index contributed by atoms with van der Waals surface area (Å²) in [5.74, 6) is -0.366. The van der Waals surface area contributed by atoms with E-state index in [0.29, 0.717) is 19.6 Å². The highest BCUT2D eigenvalue weighted by atomic mass is 16.5. The lowest BCUT2D eigenvalue weighted by Gasteiger charge is -2.33. The Kier molecular flexibility index (Phi) is 4.80. The first-order chi connectivity index (χ1) is 11.5. The number of carbonyl (C=O) groups excluding carboxylic acids is 3. The topological polar surface area (TPSA) is 79.0 Å². The SMILES string of the molecule is CN1CC(=O)N2C[C@@H](NC(=O)COCc3ccccc3)C[C@H]2C1=O. The minimum Gasteiger partial charge on any atom is -0.367 e. The van der Waals surface area contributed by atoms with E-state index in [0.717, 1.165) is 5.56 Å². The fraction of sp³-hybridized carbons (Fsp3) is 0.471. The Hall–Kier alpha value is -2.41. The Labute approximate surface area is 140 Å². The van der Waals surface area contributed by atoms with Gasteiger partial charge in [0.1, 0.15) is 12.6 Å². The largest absolute Gasteiger partial charge is 0.367 e. The number of nitrogens with one attached hydrogen (secondary N) is 1. The predicted molar refractivity (Wildman–Crippen MR) is 85.8 cm³/mol. The Bertz CT molecular complexity index is 634. The van der Waals surface area contributed by atoms with Crippen LogP contribution in [0.25, 0.3) is 0 Å². The second kappa shape index (κ2) is 7.00. The Morgan fingerprint density at radius 2 is 2.04 bits per heavy atom. The Morgan fingerprint density at radius 3 is 2.79 bits per heavy atom. The molecule has 0 unspecified atom stereocenters. The molecule has 7 heteroatoms. The highest BCUT2D eigenvalue weighted by Crippen LogP contribution is 2.23. The number of ether oxygens (including phenoxy) is 1. The lowest BCUT2D eigenvalue weighted by atomic mass is 10.1. The van der Waals surface area contributed by atoms with Crippen LogP contribution in [0.2, 0.25) is 0 Å². The summed E-state index contributed by atoms with van der Waals surface area (Å²) in [6, 6.07) is 8.96. The molecule has 1 N–H and O–H groups in total. The normalized spacial score (nSPS) is 23.4. The van der Waals surface area contributed by atoms with E-state index in [9.17, 15) is 14.4 Å². The Balaban J connectivity index is 1.46. The summed E-state index contributed by atoms with van der Waals surface area (Å²) in [5, 5.41) is 2.85. The molecule has 2 aliphatic rings. The van der Waals surface area contributed by atoms with Gasteiger partial charge in [0.25, 0.3) is 0 Å². The van der Waals surface area contributed by atoms with Gasteiger partial charge in [0.15, 0.2) is 0 Å². The number of rotatable bonds is 5. The molecule has 0 bridgehead atoms. The maximum Gasteiger partial charge on any atom is 0.246 e. The first-order valence-electron chi connectivity index (χ1n) is 8.00. The monoisotopic (exact) mass is 331 g/mol. The zero-order valence-corrected chi connectivity index (χ0v) is 13.6. The second-order valence-electron chi connectivity index (χ2n) is 6.23.